The smallest absolute Gasteiger partial charge is 0.269 e. The molecule has 1 aromatic heterocycles. The molecule has 0 aliphatic carbocycles. The van der Waals surface area contributed by atoms with Crippen LogP contribution in [0.15, 0.2) is 48.5 Å². The van der Waals surface area contributed by atoms with Gasteiger partial charge in [0.15, 0.2) is 0 Å². The van der Waals surface area contributed by atoms with E-state index in [-0.39, 0.29) is 23.0 Å². The van der Waals surface area contributed by atoms with E-state index in [9.17, 15) is 10.1 Å². The van der Waals surface area contributed by atoms with Gasteiger partial charge in [-0.05, 0) is 29.8 Å². The highest BCUT2D eigenvalue weighted by Gasteiger charge is 2.13. The molecule has 3 aromatic rings. The lowest BCUT2D eigenvalue weighted by Gasteiger charge is -1.92. The second-order valence-corrected chi connectivity index (χ2v) is 5.71. The van der Waals surface area contributed by atoms with Crippen LogP contribution in [0.5, 0.6) is 0 Å². The van der Waals surface area contributed by atoms with E-state index < -0.39 is 0 Å². The Bertz CT molecular complexity index is 841. The fraction of sp³-hybridized carbons (Fsp3) is 0.0625. The topological polar surface area (TPSA) is 47.0 Å². The Morgan fingerprint density at radius 1 is 1.09 bits per heavy atom. The summed E-state index contributed by atoms with van der Waals surface area (Å²) in [4.78, 5) is 10.2. The van der Waals surface area contributed by atoms with Crippen molar-refractivity contribution < 1.29 is 21.9 Å². The number of hydrogen-bond donors (Lipinski definition) is 0. The van der Waals surface area contributed by atoms with Crippen LogP contribution in [0.4, 0.5) is 5.69 Å². The van der Waals surface area contributed by atoms with Gasteiger partial charge in [-0.2, -0.15) is 4.57 Å². The number of nitro groups is 1. The third-order valence-electron chi connectivity index (χ3n) is 3.29. The molecule has 0 saturated carbocycles. The van der Waals surface area contributed by atoms with E-state index in [4.69, 9.17) is 0 Å². The van der Waals surface area contributed by atoms with Crippen molar-refractivity contribution >= 4 is 39.4 Å². The van der Waals surface area contributed by atoms with E-state index in [1.807, 2.05) is 31.3 Å². The maximum absolute atomic E-state index is 10.6. The maximum Gasteiger partial charge on any atom is 0.269 e. The van der Waals surface area contributed by atoms with Gasteiger partial charge in [-0.3, -0.25) is 10.1 Å². The standard InChI is InChI=1S/C16H13N2O2S.ClH/c1-17-14-4-2-3-5-15(14)21-16(17)11-8-12-6-9-13(10-7-12)18(19)20;/h2-11H,1H3;1H/q+1;/p-1/b11-8+;. The van der Waals surface area contributed by atoms with Crippen LogP contribution < -0.4 is 17.0 Å². The molecule has 2 aromatic carbocycles. The summed E-state index contributed by atoms with van der Waals surface area (Å²) in [5.41, 5.74) is 2.25. The summed E-state index contributed by atoms with van der Waals surface area (Å²) >= 11 is 1.72. The van der Waals surface area contributed by atoms with Crippen molar-refractivity contribution in [3.05, 3.63) is 69.2 Å². The van der Waals surface area contributed by atoms with Crippen LogP contribution in [0, 0.1) is 10.1 Å². The summed E-state index contributed by atoms with van der Waals surface area (Å²) in [6.07, 6.45) is 4.00. The lowest BCUT2D eigenvalue weighted by molar-refractivity contribution is -0.642. The molecule has 3 rings (SSSR count). The van der Waals surface area contributed by atoms with Crippen molar-refractivity contribution in [2.24, 2.45) is 7.05 Å². The number of halogens is 1. The van der Waals surface area contributed by atoms with Gasteiger partial charge >= 0.3 is 0 Å². The number of aromatic nitrogens is 1. The highest BCUT2D eigenvalue weighted by molar-refractivity contribution is 7.18. The van der Waals surface area contributed by atoms with Gasteiger partial charge in [0.05, 0.1) is 4.92 Å². The van der Waals surface area contributed by atoms with Gasteiger partial charge in [-0.15, -0.1) is 0 Å². The molecule has 0 atom stereocenters. The van der Waals surface area contributed by atoms with E-state index in [1.165, 1.54) is 22.3 Å². The summed E-state index contributed by atoms with van der Waals surface area (Å²) in [7, 11) is 2.04. The summed E-state index contributed by atoms with van der Waals surface area (Å²) in [6, 6.07) is 14.8. The fourth-order valence-electron chi connectivity index (χ4n) is 2.14. The molecule has 4 nitrogen and oxygen atoms in total. The van der Waals surface area contributed by atoms with Crippen LogP contribution in [0.1, 0.15) is 10.6 Å². The first-order valence-corrected chi connectivity index (χ1v) is 7.27. The zero-order valence-corrected chi connectivity index (χ0v) is 13.3. The van der Waals surface area contributed by atoms with Gasteiger partial charge in [0.2, 0.25) is 5.52 Å². The Labute approximate surface area is 137 Å². The molecule has 0 spiro atoms. The van der Waals surface area contributed by atoms with E-state index in [0.29, 0.717) is 0 Å². The van der Waals surface area contributed by atoms with Crippen LogP contribution in [0.2, 0.25) is 0 Å². The van der Waals surface area contributed by atoms with E-state index >= 15 is 0 Å². The molecule has 0 radical (unpaired) electrons. The van der Waals surface area contributed by atoms with Gasteiger partial charge in [0.25, 0.3) is 10.7 Å². The number of nitrogens with zero attached hydrogens (tertiary/aromatic N) is 2. The Morgan fingerprint density at radius 3 is 2.41 bits per heavy atom. The lowest BCUT2D eigenvalue weighted by Crippen LogP contribution is -3.00. The zero-order chi connectivity index (χ0) is 14.8. The molecule has 0 amide bonds. The van der Waals surface area contributed by atoms with Crippen molar-refractivity contribution in [2.45, 2.75) is 0 Å². The molecule has 0 aliphatic heterocycles. The zero-order valence-electron chi connectivity index (χ0n) is 11.8. The van der Waals surface area contributed by atoms with E-state index in [1.54, 1.807) is 23.5 Å². The van der Waals surface area contributed by atoms with E-state index in [0.717, 1.165) is 10.6 Å². The third-order valence-corrected chi connectivity index (χ3v) is 4.48. The highest BCUT2D eigenvalue weighted by atomic mass is 35.5. The molecule has 0 bridgehead atoms. The first-order valence-electron chi connectivity index (χ1n) is 6.45. The fourth-order valence-corrected chi connectivity index (χ4v) is 3.19. The van der Waals surface area contributed by atoms with Gasteiger partial charge in [-0.1, -0.05) is 23.5 Å². The van der Waals surface area contributed by atoms with Gasteiger partial charge in [0.1, 0.15) is 11.7 Å². The second-order valence-electron chi connectivity index (χ2n) is 4.65. The number of fused-ring (bicyclic) bond motifs is 1. The monoisotopic (exact) mass is 332 g/mol. The minimum absolute atomic E-state index is 0. The van der Waals surface area contributed by atoms with Crippen LogP contribution in [0.3, 0.4) is 0 Å². The van der Waals surface area contributed by atoms with Crippen molar-refractivity contribution in [3.63, 3.8) is 0 Å². The molecular formula is C16H13ClN2O2S. The summed E-state index contributed by atoms with van der Waals surface area (Å²) in [6.45, 7) is 0. The Hall–Kier alpha value is -2.24. The number of aryl methyl sites for hydroxylation is 1. The highest BCUT2D eigenvalue weighted by Crippen LogP contribution is 2.21. The van der Waals surface area contributed by atoms with Gasteiger partial charge in [-0.25, -0.2) is 0 Å². The molecule has 1 heterocycles. The number of nitro benzene ring substituents is 1. The van der Waals surface area contributed by atoms with Crippen molar-refractivity contribution in [1.82, 2.24) is 0 Å². The number of non-ortho nitro benzene ring substituents is 1. The summed E-state index contributed by atoms with van der Waals surface area (Å²) in [5.74, 6) is 0. The molecule has 0 aliphatic rings. The molecule has 6 heteroatoms. The second kappa shape index (κ2) is 6.68. The first-order chi connectivity index (χ1) is 10.1. The molecule has 0 N–H and O–H groups in total. The molecule has 112 valence electrons. The first kappa shape index (κ1) is 16.1. The minimum Gasteiger partial charge on any atom is -1.00 e. The molecule has 22 heavy (non-hydrogen) atoms. The molecular weight excluding hydrogens is 320 g/mol. The summed E-state index contributed by atoms with van der Waals surface area (Å²) in [5, 5.41) is 11.8. The normalized spacial score (nSPS) is 10.8. The Balaban J connectivity index is 0.00000176. The predicted molar refractivity (Wildman–Crippen MR) is 85.0 cm³/mol. The van der Waals surface area contributed by atoms with Crippen molar-refractivity contribution in [1.29, 1.82) is 0 Å². The molecule has 0 fully saturated rings. The quantitative estimate of drug-likeness (QED) is 0.405. The number of para-hydroxylation sites is 1. The maximum atomic E-state index is 10.6. The van der Waals surface area contributed by atoms with Crippen LogP contribution in [-0.2, 0) is 7.05 Å². The molecule has 0 saturated heterocycles. The number of thiazole rings is 1. The average molecular weight is 333 g/mol. The van der Waals surface area contributed by atoms with Crippen LogP contribution in [0.25, 0.3) is 22.4 Å². The van der Waals surface area contributed by atoms with E-state index in [2.05, 4.69) is 16.7 Å². The Kier molecular flexibility index (Phi) is 4.90. The third kappa shape index (κ3) is 3.16. The summed E-state index contributed by atoms with van der Waals surface area (Å²) < 4.78 is 3.38. The average Bonchev–Trinajstić information content (AvgIpc) is 2.82. The van der Waals surface area contributed by atoms with Crippen molar-refractivity contribution in [2.75, 3.05) is 0 Å². The lowest BCUT2D eigenvalue weighted by atomic mass is 10.2. The predicted octanol–water partition coefficient (Wildman–Crippen LogP) is 0.808. The number of rotatable bonds is 3. The largest absolute Gasteiger partial charge is 1.00 e. The van der Waals surface area contributed by atoms with Crippen LogP contribution >= 0.6 is 11.3 Å². The molecule has 0 unspecified atom stereocenters. The van der Waals surface area contributed by atoms with Gasteiger partial charge < -0.3 is 12.4 Å². The van der Waals surface area contributed by atoms with Gasteiger partial charge in [0, 0.05) is 24.3 Å². The Morgan fingerprint density at radius 2 is 1.77 bits per heavy atom. The SMILES string of the molecule is C[n+]1c(/C=C/c2ccc([N+](=O)[O-])cc2)sc2ccccc21.[Cl-]. The number of hydrogen-bond acceptors (Lipinski definition) is 3. The minimum atomic E-state index is -0.389. The van der Waals surface area contributed by atoms with Crippen molar-refractivity contribution in [3.8, 4) is 0 Å². The number of benzene rings is 2. The van der Waals surface area contributed by atoms with Crippen LogP contribution in [-0.4, -0.2) is 4.92 Å².